The Morgan fingerprint density at radius 2 is 1.81 bits per heavy atom. The van der Waals surface area contributed by atoms with Gasteiger partial charge in [-0.2, -0.15) is 5.10 Å². The van der Waals surface area contributed by atoms with Crippen molar-refractivity contribution in [3.8, 4) is 5.82 Å². The molecule has 0 fully saturated rings. The fourth-order valence-electron chi connectivity index (χ4n) is 2.66. The molecule has 0 saturated carbocycles. The molecule has 1 N–H and O–H groups in total. The van der Waals surface area contributed by atoms with Gasteiger partial charge in [0.1, 0.15) is 0 Å². The van der Waals surface area contributed by atoms with E-state index in [1.54, 1.807) is 41.5 Å². The second-order valence-corrected chi connectivity index (χ2v) is 7.58. The van der Waals surface area contributed by atoms with Crippen molar-refractivity contribution >= 4 is 20.8 Å². The highest BCUT2D eigenvalue weighted by atomic mass is 32.2. The van der Waals surface area contributed by atoms with Gasteiger partial charge >= 0.3 is 0 Å². The molecule has 0 aliphatic heterocycles. The van der Waals surface area contributed by atoms with Crippen molar-refractivity contribution in [1.82, 2.24) is 19.5 Å². The zero-order valence-corrected chi connectivity index (χ0v) is 14.6. The van der Waals surface area contributed by atoms with Crippen molar-refractivity contribution in [2.24, 2.45) is 0 Å². The Hall–Kier alpha value is -3.03. The van der Waals surface area contributed by atoms with Crippen molar-refractivity contribution in [1.29, 1.82) is 0 Å². The van der Waals surface area contributed by atoms with Crippen LogP contribution < -0.4 is 4.72 Å². The van der Waals surface area contributed by atoms with Crippen LogP contribution in [0, 0.1) is 0 Å². The van der Waals surface area contributed by atoms with Crippen molar-refractivity contribution in [3.63, 3.8) is 0 Å². The molecular formula is C19H16N4O2S. The smallest absolute Gasteiger partial charge is 0.237 e. The summed E-state index contributed by atoms with van der Waals surface area (Å²) in [5.41, 5.74) is 0.769. The lowest BCUT2D eigenvalue weighted by atomic mass is 10.1. The third-order valence-electron chi connectivity index (χ3n) is 4.05. The Bertz CT molecular complexity index is 1140. The SMILES string of the molecule is O=S(=O)(NCc1ccc(-n2cccn2)nc1)c1ccc2ccccc2c1. The van der Waals surface area contributed by atoms with Crippen LogP contribution in [0.4, 0.5) is 0 Å². The number of nitrogens with zero attached hydrogens (tertiary/aromatic N) is 3. The number of hydrogen-bond donors (Lipinski definition) is 1. The van der Waals surface area contributed by atoms with E-state index in [9.17, 15) is 8.42 Å². The number of aromatic nitrogens is 3. The summed E-state index contributed by atoms with van der Waals surface area (Å²) in [4.78, 5) is 4.55. The summed E-state index contributed by atoms with van der Waals surface area (Å²) < 4.78 is 29.4. The predicted octanol–water partition coefficient (Wildman–Crippen LogP) is 2.90. The topological polar surface area (TPSA) is 76.9 Å². The van der Waals surface area contributed by atoms with E-state index >= 15 is 0 Å². The second kappa shape index (κ2) is 6.70. The van der Waals surface area contributed by atoms with Crippen LogP contribution in [0.15, 0.2) is 84.1 Å². The van der Waals surface area contributed by atoms with Gasteiger partial charge in [-0.05, 0) is 40.6 Å². The molecule has 2 aromatic heterocycles. The number of rotatable bonds is 5. The number of benzene rings is 2. The molecule has 2 aromatic carbocycles. The van der Waals surface area contributed by atoms with E-state index in [4.69, 9.17) is 0 Å². The fraction of sp³-hybridized carbons (Fsp3) is 0.0526. The zero-order chi connectivity index (χ0) is 18.0. The van der Waals surface area contributed by atoms with Crippen LogP contribution in [0.5, 0.6) is 0 Å². The highest BCUT2D eigenvalue weighted by Gasteiger charge is 2.14. The Kier molecular flexibility index (Phi) is 4.24. The normalized spacial score (nSPS) is 11.7. The van der Waals surface area contributed by atoms with Crippen LogP contribution in [0.2, 0.25) is 0 Å². The maximum absolute atomic E-state index is 12.6. The van der Waals surface area contributed by atoms with Crippen LogP contribution in [0.25, 0.3) is 16.6 Å². The van der Waals surface area contributed by atoms with Gasteiger partial charge < -0.3 is 0 Å². The lowest BCUT2D eigenvalue weighted by Crippen LogP contribution is -2.23. The van der Waals surface area contributed by atoms with Crippen molar-refractivity contribution in [3.05, 3.63) is 84.8 Å². The van der Waals surface area contributed by atoms with Crippen LogP contribution in [-0.4, -0.2) is 23.2 Å². The molecule has 0 radical (unpaired) electrons. The van der Waals surface area contributed by atoms with Gasteiger partial charge in [0.2, 0.25) is 10.0 Å². The minimum absolute atomic E-state index is 0.168. The number of pyridine rings is 1. The maximum atomic E-state index is 12.6. The van der Waals surface area contributed by atoms with Gasteiger partial charge in [-0.15, -0.1) is 0 Å². The second-order valence-electron chi connectivity index (χ2n) is 5.81. The summed E-state index contributed by atoms with van der Waals surface area (Å²) in [7, 11) is -3.60. The summed E-state index contributed by atoms with van der Waals surface area (Å²) in [5.74, 6) is 0.677. The summed E-state index contributed by atoms with van der Waals surface area (Å²) >= 11 is 0. The van der Waals surface area contributed by atoms with Gasteiger partial charge in [0, 0.05) is 25.1 Å². The average molecular weight is 364 g/mol. The number of nitrogens with one attached hydrogen (secondary N) is 1. The maximum Gasteiger partial charge on any atom is 0.240 e. The average Bonchev–Trinajstić information content (AvgIpc) is 3.21. The first-order valence-electron chi connectivity index (χ1n) is 8.05. The first kappa shape index (κ1) is 16.4. The highest BCUT2D eigenvalue weighted by Crippen LogP contribution is 2.19. The summed E-state index contributed by atoms with van der Waals surface area (Å²) in [5, 5.41) is 6.00. The van der Waals surface area contributed by atoms with E-state index in [1.165, 1.54) is 0 Å². The van der Waals surface area contributed by atoms with Crippen molar-refractivity contribution < 1.29 is 8.42 Å². The molecule has 0 aliphatic rings. The molecular weight excluding hydrogens is 348 g/mol. The molecule has 4 rings (SSSR count). The summed E-state index contributed by atoms with van der Waals surface area (Å²) in [6.45, 7) is 0.168. The van der Waals surface area contributed by atoms with Gasteiger partial charge in [0.15, 0.2) is 5.82 Å². The van der Waals surface area contributed by atoms with Gasteiger partial charge in [0.05, 0.1) is 4.90 Å². The molecule has 0 amide bonds. The van der Waals surface area contributed by atoms with Crippen LogP contribution >= 0.6 is 0 Å². The summed E-state index contributed by atoms with van der Waals surface area (Å²) in [6.07, 6.45) is 5.11. The molecule has 0 atom stereocenters. The largest absolute Gasteiger partial charge is 0.240 e. The number of fused-ring (bicyclic) bond motifs is 1. The Labute approximate surface area is 151 Å². The quantitative estimate of drug-likeness (QED) is 0.591. The molecule has 130 valence electrons. The lowest BCUT2D eigenvalue weighted by molar-refractivity contribution is 0.581. The van der Waals surface area contributed by atoms with E-state index in [2.05, 4.69) is 14.8 Å². The molecule has 0 spiro atoms. The van der Waals surface area contributed by atoms with E-state index in [0.29, 0.717) is 5.82 Å². The minimum Gasteiger partial charge on any atom is -0.237 e. The van der Waals surface area contributed by atoms with Gasteiger partial charge in [-0.3, -0.25) is 0 Å². The monoisotopic (exact) mass is 364 g/mol. The van der Waals surface area contributed by atoms with Crippen molar-refractivity contribution in [2.75, 3.05) is 0 Å². The van der Waals surface area contributed by atoms with Gasteiger partial charge in [-0.1, -0.05) is 36.4 Å². The molecule has 0 saturated heterocycles. The highest BCUT2D eigenvalue weighted by molar-refractivity contribution is 7.89. The predicted molar refractivity (Wildman–Crippen MR) is 99.3 cm³/mol. The molecule has 7 heteroatoms. The van der Waals surface area contributed by atoms with Gasteiger partial charge in [-0.25, -0.2) is 22.8 Å². The van der Waals surface area contributed by atoms with Crippen molar-refractivity contribution in [2.45, 2.75) is 11.4 Å². The standard InChI is InChI=1S/C19H16N4O2S/c24-26(25,18-8-7-16-4-1-2-5-17(16)12-18)22-14-15-6-9-19(20-13-15)23-11-3-10-21-23/h1-13,22H,14H2. The van der Waals surface area contributed by atoms with E-state index < -0.39 is 10.0 Å². The molecule has 6 nitrogen and oxygen atoms in total. The third-order valence-corrected chi connectivity index (χ3v) is 5.44. The minimum atomic E-state index is -3.60. The molecule has 0 aliphatic carbocycles. The molecule has 2 heterocycles. The molecule has 0 unspecified atom stereocenters. The van der Waals surface area contributed by atoms with Gasteiger partial charge in [0.25, 0.3) is 0 Å². The number of sulfonamides is 1. The first-order chi connectivity index (χ1) is 12.6. The zero-order valence-electron chi connectivity index (χ0n) is 13.8. The summed E-state index contributed by atoms with van der Waals surface area (Å²) in [6, 6.07) is 18.2. The van der Waals surface area contributed by atoms with Crippen LogP contribution in [0.1, 0.15) is 5.56 Å². The lowest BCUT2D eigenvalue weighted by Gasteiger charge is -2.08. The number of hydrogen-bond acceptors (Lipinski definition) is 4. The molecule has 0 bridgehead atoms. The Morgan fingerprint density at radius 3 is 2.54 bits per heavy atom. The first-order valence-corrected chi connectivity index (χ1v) is 9.54. The van der Waals surface area contributed by atoms with E-state index in [-0.39, 0.29) is 11.4 Å². The van der Waals surface area contributed by atoms with Crippen LogP contribution in [0.3, 0.4) is 0 Å². The van der Waals surface area contributed by atoms with E-state index in [1.807, 2.05) is 42.5 Å². The molecule has 26 heavy (non-hydrogen) atoms. The third kappa shape index (κ3) is 3.35. The Morgan fingerprint density at radius 1 is 0.962 bits per heavy atom. The van der Waals surface area contributed by atoms with Crippen LogP contribution in [-0.2, 0) is 16.6 Å². The fourth-order valence-corrected chi connectivity index (χ4v) is 3.71. The molecule has 4 aromatic rings. The van der Waals surface area contributed by atoms with E-state index in [0.717, 1.165) is 16.3 Å². The Balaban J connectivity index is 1.50.